The maximum absolute atomic E-state index is 3.50. The van der Waals surface area contributed by atoms with Crippen LogP contribution in [0, 0.1) is 5.92 Å². The summed E-state index contributed by atoms with van der Waals surface area (Å²) in [6.45, 7) is 7.20. The van der Waals surface area contributed by atoms with Gasteiger partial charge < -0.3 is 10.2 Å². The molecule has 2 atom stereocenters. The molecule has 0 spiro atoms. The van der Waals surface area contributed by atoms with E-state index in [4.69, 9.17) is 0 Å². The zero-order valence-corrected chi connectivity index (χ0v) is 12.4. The molecule has 2 unspecified atom stereocenters. The van der Waals surface area contributed by atoms with Gasteiger partial charge in [0.2, 0.25) is 0 Å². The van der Waals surface area contributed by atoms with Crippen LogP contribution in [0.5, 0.6) is 0 Å². The van der Waals surface area contributed by atoms with E-state index in [1.807, 2.05) is 0 Å². The van der Waals surface area contributed by atoms with Gasteiger partial charge in [0.15, 0.2) is 0 Å². The van der Waals surface area contributed by atoms with Gasteiger partial charge in [-0.2, -0.15) is 0 Å². The third kappa shape index (κ3) is 4.96. The van der Waals surface area contributed by atoms with E-state index in [-0.39, 0.29) is 0 Å². The van der Waals surface area contributed by atoms with Gasteiger partial charge in [0.05, 0.1) is 0 Å². The lowest BCUT2D eigenvalue weighted by Gasteiger charge is -2.28. The number of benzene rings is 1. The molecule has 1 aromatic carbocycles. The standard InChI is InChI=1S/C17H28N2/c1-15(17-8-4-3-5-9-17)10-12-19(2)14-16-7-6-11-18-13-16/h3-5,8-9,15-16,18H,6-7,10-14H2,1-2H3. The van der Waals surface area contributed by atoms with Crippen LogP contribution in [0.25, 0.3) is 0 Å². The first-order valence-electron chi connectivity index (χ1n) is 7.70. The van der Waals surface area contributed by atoms with E-state index >= 15 is 0 Å². The Morgan fingerprint density at radius 1 is 1.32 bits per heavy atom. The SMILES string of the molecule is CC(CCN(C)CC1CCCNC1)c1ccccc1. The number of hydrogen-bond acceptors (Lipinski definition) is 2. The minimum absolute atomic E-state index is 0.660. The van der Waals surface area contributed by atoms with E-state index < -0.39 is 0 Å². The first-order chi connectivity index (χ1) is 9.25. The zero-order valence-electron chi connectivity index (χ0n) is 12.4. The van der Waals surface area contributed by atoms with Gasteiger partial charge in [-0.3, -0.25) is 0 Å². The summed E-state index contributed by atoms with van der Waals surface area (Å²) in [5.74, 6) is 1.51. The fourth-order valence-electron chi connectivity index (χ4n) is 2.97. The highest BCUT2D eigenvalue weighted by atomic mass is 15.1. The van der Waals surface area contributed by atoms with Gasteiger partial charge in [0, 0.05) is 6.54 Å². The zero-order chi connectivity index (χ0) is 13.5. The predicted molar refractivity (Wildman–Crippen MR) is 82.6 cm³/mol. The number of hydrogen-bond donors (Lipinski definition) is 1. The second kappa shape index (κ2) is 7.66. The summed E-state index contributed by atoms with van der Waals surface area (Å²) < 4.78 is 0. The van der Waals surface area contributed by atoms with Crippen molar-refractivity contribution in [3.63, 3.8) is 0 Å². The highest BCUT2D eigenvalue weighted by Gasteiger charge is 2.15. The molecule has 1 aliphatic rings. The van der Waals surface area contributed by atoms with Crippen LogP contribution in [0.2, 0.25) is 0 Å². The second-order valence-corrected chi connectivity index (χ2v) is 6.08. The molecule has 1 N–H and O–H groups in total. The molecule has 1 aliphatic heterocycles. The van der Waals surface area contributed by atoms with E-state index in [0.29, 0.717) is 5.92 Å². The first kappa shape index (κ1) is 14.5. The number of nitrogens with one attached hydrogen (secondary N) is 1. The lowest BCUT2D eigenvalue weighted by atomic mass is 9.96. The first-order valence-corrected chi connectivity index (χ1v) is 7.70. The number of nitrogens with zero attached hydrogens (tertiary/aromatic N) is 1. The summed E-state index contributed by atoms with van der Waals surface area (Å²) in [5.41, 5.74) is 1.47. The van der Waals surface area contributed by atoms with E-state index in [1.54, 1.807) is 0 Å². The minimum Gasteiger partial charge on any atom is -0.316 e. The Morgan fingerprint density at radius 3 is 2.79 bits per heavy atom. The van der Waals surface area contributed by atoms with Crippen molar-refractivity contribution in [1.82, 2.24) is 10.2 Å². The van der Waals surface area contributed by atoms with Gasteiger partial charge in [-0.15, -0.1) is 0 Å². The predicted octanol–water partition coefficient (Wildman–Crippen LogP) is 3.11. The fraction of sp³-hybridized carbons (Fsp3) is 0.647. The molecule has 2 rings (SSSR count). The Bertz CT molecular complexity index is 344. The van der Waals surface area contributed by atoms with Crippen LogP contribution in [-0.2, 0) is 0 Å². The average Bonchev–Trinajstić information content (AvgIpc) is 2.47. The molecule has 1 saturated heterocycles. The van der Waals surface area contributed by atoms with Crippen molar-refractivity contribution in [3.8, 4) is 0 Å². The van der Waals surface area contributed by atoms with Crippen LogP contribution in [0.4, 0.5) is 0 Å². The van der Waals surface area contributed by atoms with Gasteiger partial charge in [-0.05, 0) is 63.3 Å². The van der Waals surface area contributed by atoms with Gasteiger partial charge in [0.1, 0.15) is 0 Å². The molecule has 0 aliphatic carbocycles. The minimum atomic E-state index is 0.660. The highest BCUT2D eigenvalue weighted by Crippen LogP contribution is 2.19. The molecule has 19 heavy (non-hydrogen) atoms. The monoisotopic (exact) mass is 260 g/mol. The molecule has 2 nitrogen and oxygen atoms in total. The van der Waals surface area contributed by atoms with Crippen molar-refractivity contribution in [2.24, 2.45) is 5.92 Å². The summed E-state index contributed by atoms with van der Waals surface area (Å²) in [4.78, 5) is 2.51. The van der Waals surface area contributed by atoms with Crippen molar-refractivity contribution < 1.29 is 0 Å². The molecule has 0 saturated carbocycles. The van der Waals surface area contributed by atoms with Gasteiger partial charge in [-0.25, -0.2) is 0 Å². The van der Waals surface area contributed by atoms with Gasteiger partial charge in [0.25, 0.3) is 0 Å². The Morgan fingerprint density at radius 2 is 2.11 bits per heavy atom. The number of rotatable bonds is 6. The van der Waals surface area contributed by atoms with Crippen molar-refractivity contribution in [2.75, 3.05) is 33.2 Å². The van der Waals surface area contributed by atoms with E-state index in [1.165, 1.54) is 51.0 Å². The number of piperidine rings is 1. The summed E-state index contributed by atoms with van der Waals surface area (Å²) in [7, 11) is 2.27. The summed E-state index contributed by atoms with van der Waals surface area (Å²) in [6.07, 6.45) is 3.99. The van der Waals surface area contributed by atoms with Crippen LogP contribution >= 0.6 is 0 Å². The maximum atomic E-state index is 3.50. The van der Waals surface area contributed by atoms with Crippen LogP contribution in [-0.4, -0.2) is 38.1 Å². The Kier molecular flexibility index (Phi) is 5.87. The van der Waals surface area contributed by atoms with Crippen LogP contribution in [0.1, 0.15) is 37.7 Å². The normalized spacial score (nSPS) is 21.5. The molecular weight excluding hydrogens is 232 g/mol. The molecule has 0 radical (unpaired) electrons. The Labute approximate surface area is 118 Å². The Hall–Kier alpha value is -0.860. The third-order valence-electron chi connectivity index (χ3n) is 4.28. The smallest absolute Gasteiger partial charge is 0.00188 e. The van der Waals surface area contributed by atoms with Crippen LogP contribution < -0.4 is 5.32 Å². The van der Waals surface area contributed by atoms with Crippen molar-refractivity contribution >= 4 is 0 Å². The third-order valence-corrected chi connectivity index (χ3v) is 4.28. The summed E-state index contributed by atoms with van der Waals surface area (Å²) in [6, 6.07) is 10.9. The molecular formula is C17H28N2. The molecule has 0 bridgehead atoms. The van der Waals surface area contributed by atoms with Crippen LogP contribution in [0.15, 0.2) is 30.3 Å². The van der Waals surface area contributed by atoms with Crippen LogP contribution in [0.3, 0.4) is 0 Å². The van der Waals surface area contributed by atoms with E-state index in [0.717, 1.165) is 5.92 Å². The molecule has 2 heteroatoms. The highest BCUT2D eigenvalue weighted by molar-refractivity contribution is 5.18. The molecule has 106 valence electrons. The summed E-state index contributed by atoms with van der Waals surface area (Å²) in [5, 5.41) is 3.50. The lowest BCUT2D eigenvalue weighted by Crippen LogP contribution is -2.37. The largest absolute Gasteiger partial charge is 0.316 e. The second-order valence-electron chi connectivity index (χ2n) is 6.08. The van der Waals surface area contributed by atoms with Crippen molar-refractivity contribution in [2.45, 2.75) is 32.1 Å². The quantitative estimate of drug-likeness (QED) is 0.845. The topological polar surface area (TPSA) is 15.3 Å². The summed E-state index contributed by atoms with van der Waals surface area (Å²) >= 11 is 0. The van der Waals surface area contributed by atoms with Crippen molar-refractivity contribution in [1.29, 1.82) is 0 Å². The molecule has 1 fully saturated rings. The van der Waals surface area contributed by atoms with Gasteiger partial charge >= 0.3 is 0 Å². The van der Waals surface area contributed by atoms with E-state index in [2.05, 4.69) is 54.5 Å². The maximum Gasteiger partial charge on any atom is 0.00188 e. The molecule has 1 heterocycles. The van der Waals surface area contributed by atoms with Crippen molar-refractivity contribution in [3.05, 3.63) is 35.9 Å². The van der Waals surface area contributed by atoms with Gasteiger partial charge in [-0.1, -0.05) is 37.3 Å². The average molecular weight is 260 g/mol. The molecule has 0 aromatic heterocycles. The molecule has 0 amide bonds. The molecule has 1 aromatic rings. The lowest BCUT2D eigenvalue weighted by molar-refractivity contribution is 0.238. The van der Waals surface area contributed by atoms with E-state index in [9.17, 15) is 0 Å². The fourth-order valence-corrected chi connectivity index (χ4v) is 2.97. The Balaban J connectivity index is 1.69.